The molecule has 0 amide bonds. The predicted octanol–water partition coefficient (Wildman–Crippen LogP) is 2.34. The molecular formula is C21H25N3O3. The number of aliphatic hydroxyl groups is 2. The summed E-state index contributed by atoms with van der Waals surface area (Å²) in [6.07, 6.45) is 1.22. The molecule has 0 radical (unpaired) electrons. The standard InChI is InChI=1S/C21H25N3O3/c1-14-20(9-22-23-14)19-8-17(7-15-5-3-4-6-18(15)19)27-11-16(25)10-24-12-21(2,26)13-24/h3-9,16,25-26H,10-13H2,1-2H3,(H,22,23). The van der Waals surface area contributed by atoms with Crippen molar-refractivity contribution >= 4 is 10.8 Å². The molecule has 0 bridgehead atoms. The molecule has 0 aliphatic carbocycles. The Kier molecular flexibility index (Phi) is 4.63. The zero-order chi connectivity index (χ0) is 19.0. The first-order chi connectivity index (χ1) is 12.9. The summed E-state index contributed by atoms with van der Waals surface area (Å²) in [5.74, 6) is 0.721. The molecule has 1 saturated heterocycles. The molecule has 27 heavy (non-hydrogen) atoms. The normalized spacial score (nSPS) is 17.6. The van der Waals surface area contributed by atoms with E-state index in [-0.39, 0.29) is 6.61 Å². The lowest BCUT2D eigenvalue weighted by Crippen LogP contribution is -2.61. The number of H-pyrrole nitrogens is 1. The van der Waals surface area contributed by atoms with Crippen LogP contribution in [0.5, 0.6) is 5.75 Å². The first-order valence-corrected chi connectivity index (χ1v) is 9.20. The van der Waals surface area contributed by atoms with E-state index < -0.39 is 11.7 Å². The van der Waals surface area contributed by atoms with Crippen molar-refractivity contribution < 1.29 is 14.9 Å². The Bertz CT molecular complexity index is 943. The highest BCUT2D eigenvalue weighted by Crippen LogP contribution is 2.34. The number of aromatic nitrogens is 2. The van der Waals surface area contributed by atoms with E-state index in [0.29, 0.717) is 19.6 Å². The lowest BCUT2D eigenvalue weighted by Gasteiger charge is -2.44. The minimum absolute atomic E-state index is 0.209. The number of β-amino-alcohol motifs (C(OH)–C–C–N with tert-alkyl or cyclic N) is 2. The van der Waals surface area contributed by atoms with Gasteiger partial charge in [-0.05, 0) is 42.3 Å². The Morgan fingerprint density at radius 2 is 2.04 bits per heavy atom. The van der Waals surface area contributed by atoms with Crippen molar-refractivity contribution in [1.29, 1.82) is 0 Å². The van der Waals surface area contributed by atoms with Crippen LogP contribution >= 0.6 is 0 Å². The number of nitrogens with zero attached hydrogens (tertiary/aromatic N) is 2. The Morgan fingerprint density at radius 1 is 1.26 bits per heavy atom. The number of hydrogen-bond donors (Lipinski definition) is 3. The monoisotopic (exact) mass is 367 g/mol. The number of aryl methyl sites for hydroxylation is 1. The maximum absolute atomic E-state index is 10.3. The summed E-state index contributed by atoms with van der Waals surface area (Å²) in [6, 6.07) is 12.2. The molecule has 1 fully saturated rings. The van der Waals surface area contributed by atoms with Crippen LogP contribution in [0.3, 0.4) is 0 Å². The number of fused-ring (bicyclic) bond motifs is 1. The van der Waals surface area contributed by atoms with Gasteiger partial charge in [-0.15, -0.1) is 0 Å². The maximum atomic E-state index is 10.3. The lowest BCUT2D eigenvalue weighted by atomic mass is 9.97. The fourth-order valence-electron chi connectivity index (χ4n) is 3.80. The fourth-order valence-corrected chi connectivity index (χ4v) is 3.80. The van der Waals surface area contributed by atoms with Gasteiger partial charge in [0.15, 0.2) is 0 Å². The van der Waals surface area contributed by atoms with Crippen molar-refractivity contribution in [3.05, 3.63) is 48.3 Å². The second-order valence-corrected chi connectivity index (χ2v) is 7.73. The van der Waals surface area contributed by atoms with Gasteiger partial charge in [-0.1, -0.05) is 24.3 Å². The first-order valence-electron chi connectivity index (χ1n) is 9.20. The van der Waals surface area contributed by atoms with Crippen molar-refractivity contribution in [2.45, 2.75) is 25.6 Å². The summed E-state index contributed by atoms with van der Waals surface area (Å²) in [6.45, 7) is 5.68. The number of aromatic amines is 1. The zero-order valence-corrected chi connectivity index (χ0v) is 15.6. The van der Waals surface area contributed by atoms with Crippen molar-refractivity contribution in [1.82, 2.24) is 15.1 Å². The average Bonchev–Trinajstić information content (AvgIpc) is 3.03. The Hall–Kier alpha value is -2.41. The second kappa shape index (κ2) is 6.96. The van der Waals surface area contributed by atoms with E-state index in [1.165, 1.54) is 0 Å². The molecule has 0 saturated carbocycles. The Labute approximate surface area is 158 Å². The molecule has 4 rings (SSSR count). The van der Waals surface area contributed by atoms with E-state index >= 15 is 0 Å². The molecule has 1 atom stereocenters. The molecule has 2 heterocycles. The van der Waals surface area contributed by atoms with E-state index in [4.69, 9.17) is 4.74 Å². The minimum Gasteiger partial charge on any atom is -0.491 e. The molecule has 3 aromatic rings. The van der Waals surface area contributed by atoms with Gasteiger partial charge in [0.1, 0.15) is 18.5 Å². The Morgan fingerprint density at radius 3 is 2.74 bits per heavy atom. The number of ether oxygens (including phenoxy) is 1. The quantitative estimate of drug-likeness (QED) is 0.623. The van der Waals surface area contributed by atoms with Crippen LogP contribution in [0, 0.1) is 6.92 Å². The highest BCUT2D eigenvalue weighted by Gasteiger charge is 2.37. The van der Waals surface area contributed by atoms with Gasteiger partial charge < -0.3 is 14.9 Å². The average molecular weight is 367 g/mol. The fraction of sp³-hybridized carbons (Fsp3) is 0.381. The summed E-state index contributed by atoms with van der Waals surface area (Å²) in [4.78, 5) is 2.02. The second-order valence-electron chi connectivity index (χ2n) is 7.73. The summed E-state index contributed by atoms with van der Waals surface area (Å²) in [7, 11) is 0. The summed E-state index contributed by atoms with van der Waals surface area (Å²) in [5.41, 5.74) is 2.47. The molecule has 1 unspecified atom stereocenters. The van der Waals surface area contributed by atoms with Gasteiger partial charge in [0.05, 0.1) is 11.8 Å². The van der Waals surface area contributed by atoms with Crippen LogP contribution in [0.1, 0.15) is 12.6 Å². The number of nitrogens with one attached hydrogen (secondary N) is 1. The molecule has 0 spiro atoms. The van der Waals surface area contributed by atoms with Gasteiger partial charge in [0.2, 0.25) is 0 Å². The summed E-state index contributed by atoms with van der Waals surface area (Å²) in [5, 5.41) is 29.4. The van der Waals surface area contributed by atoms with E-state index in [1.807, 2.05) is 42.3 Å². The van der Waals surface area contributed by atoms with E-state index in [1.54, 1.807) is 6.92 Å². The smallest absolute Gasteiger partial charge is 0.120 e. The van der Waals surface area contributed by atoms with Crippen molar-refractivity contribution in [2.24, 2.45) is 0 Å². The molecule has 6 nitrogen and oxygen atoms in total. The van der Waals surface area contributed by atoms with Crippen LogP contribution in [-0.4, -0.2) is 63.3 Å². The summed E-state index contributed by atoms with van der Waals surface area (Å²) < 4.78 is 5.91. The van der Waals surface area contributed by atoms with Gasteiger partial charge in [-0.2, -0.15) is 5.10 Å². The molecule has 2 aromatic carbocycles. The van der Waals surface area contributed by atoms with Gasteiger partial charge in [-0.3, -0.25) is 10.00 Å². The number of rotatable bonds is 6. The van der Waals surface area contributed by atoms with Crippen LogP contribution in [0.25, 0.3) is 21.9 Å². The van der Waals surface area contributed by atoms with Crippen LogP contribution in [0.2, 0.25) is 0 Å². The topological polar surface area (TPSA) is 81.6 Å². The molecule has 1 aromatic heterocycles. The molecular weight excluding hydrogens is 342 g/mol. The van der Waals surface area contributed by atoms with E-state index in [9.17, 15) is 10.2 Å². The number of aliphatic hydroxyl groups excluding tert-OH is 1. The van der Waals surface area contributed by atoms with Crippen LogP contribution in [0.15, 0.2) is 42.6 Å². The van der Waals surface area contributed by atoms with Gasteiger partial charge >= 0.3 is 0 Å². The van der Waals surface area contributed by atoms with Gasteiger partial charge in [0, 0.05) is 30.9 Å². The van der Waals surface area contributed by atoms with Crippen LogP contribution < -0.4 is 4.74 Å². The highest BCUT2D eigenvalue weighted by atomic mass is 16.5. The van der Waals surface area contributed by atoms with Crippen molar-refractivity contribution in [3.8, 4) is 16.9 Å². The zero-order valence-electron chi connectivity index (χ0n) is 15.6. The van der Waals surface area contributed by atoms with Crippen molar-refractivity contribution in [3.63, 3.8) is 0 Å². The lowest BCUT2D eigenvalue weighted by molar-refractivity contribution is -0.0978. The minimum atomic E-state index is -0.629. The molecule has 1 aliphatic heterocycles. The third kappa shape index (κ3) is 3.83. The first kappa shape index (κ1) is 18.0. The highest BCUT2D eigenvalue weighted by molar-refractivity contribution is 5.98. The number of benzene rings is 2. The van der Waals surface area contributed by atoms with Crippen LogP contribution in [0.4, 0.5) is 0 Å². The third-order valence-corrected chi connectivity index (χ3v) is 5.00. The van der Waals surface area contributed by atoms with E-state index in [0.717, 1.165) is 33.3 Å². The molecule has 6 heteroatoms. The van der Waals surface area contributed by atoms with Gasteiger partial charge in [-0.25, -0.2) is 0 Å². The van der Waals surface area contributed by atoms with E-state index in [2.05, 4.69) is 22.3 Å². The third-order valence-electron chi connectivity index (χ3n) is 5.00. The van der Waals surface area contributed by atoms with Crippen LogP contribution in [-0.2, 0) is 0 Å². The molecule has 1 aliphatic rings. The Balaban J connectivity index is 1.51. The molecule has 3 N–H and O–H groups in total. The SMILES string of the molecule is Cc1[nH]ncc1-c1cc(OCC(O)CN2CC(C)(O)C2)cc2ccccc12. The summed E-state index contributed by atoms with van der Waals surface area (Å²) >= 11 is 0. The number of hydrogen-bond acceptors (Lipinski definition) is 5. The van der Waals surface area contributed by atoms with Gasteiger partial charge in [0.25, 0.3) is 0 Å². The number of likely N-dealkylation sites (tertiary alicyclic amines) is 1. The maximum Gasteiger partial charge on any atom is 0.120 e. The largest absolute Gasteiger partial charge is 0.491 e. The van der Waals surface area contributed by atoms with Crippen molar-refractivity contribution in [2.75, 3.05) is 26.2 Å². The molecule has 142 valence electrons. The predicted molar refractivity (Wildman–Crippen MR) is 105 cm³/mol.